The van der Waals surface area contributed by atoms with E-state index in [9.17, 15) is 14.9 Å². The number of hydrogen-bond donors (Lipinski definition) is 0. The summed E-state index contributed by atoms with van der Waals surface area (Å²) >= 11 is 0. The van der Waals surface area contributed by atoms with Crippen LogP contribution >= 0.6 is 0 Å². The third-order valence-electron chi connectivity index (χ3n) is 3.58. The average Bonchev–Trinajstić information content (AvgIpc) is 2.92. The van der Waals surface area contributed by atoms with Gasteiger partial charge in [0.2, 0.25) is 0 Å². The van der Waals surface area contributed by atoms with Crippen LogP contribution in [0.1, 0.15) is 0 Å². The van der Waals surface area contributed by atoms with Crippen LogP contribution in [-0.4, -0.2) is 24.3 Å². The summed E-state index contributed by atoms with van der Waals surface area (Å²) in [6.45, 7) is 0. The Balaban J connectivity index is 1.97. The molecule has 112 valence electrons. The van der Waals surface area contributed by atoms with Crippen LogP contribution in [0.4, 0.5) is 5.69 Å². The fraction of sp³-hybridized carbons (Fsp3) is 0. The van der Waals surface area contributed by atoms with Crippen molar-refractivity contribution in [3.8, 4) is 5.69 Å². The lowest BCUT2D eigenvalue weighted by atomic mass is 10.2. The summed E-state index contributed by atoms with van der Waals surface area (Å²) in [5.74, 6) is 0. The van der Waals surface area contributed by atoms with Crippen LogP contribution in [0.3, 0.4) is 0 Å². The minimum atomic E-state index is -0.495. The molecule has 8 nitrogen and oxygen atoms in total. The minimum absolute atomic E-state index is 0.0471. The van der Waals surface area contributed by atoms with Crippen LogP contribution in [0.25, 0.3) is 22.1 Å². The molecular formula is C15H9N5O3. The first-order valence-electron chi connectivity index (χ1n) is 6.76. The summed E-state index contributed by atoms with van der Waals surface area (Å²) in [5, 5.41) is 20.8. The number of aromatic nitrogens is 4. The first-order valence-corrected chi connectivity index (χ1v) is 6.76. The molecule has 0 N–H and O–H groups in total. The van der Waals surface area contributed by atoms with Gasteiger partial charge in [-0.05, 0) is 12.1 Å². The average molecular weight is 307 g/mol. The number of nitro benzene ring substituents is 1. The number of benzene rings is 2. The van der Waals surface area contributed by atoms with E-state index in [2.05, 4.69) is 10.2 Å². The van der Waals surface area contributed by atoms with Crippen molar-refractivity contribution >= 4 is 22.1 Å². The molecule has 2 aromatic heterocycles. The third kappa shape index (κ3) is 1.96. The second kappa shape index (κ2) is 4.73. The van der Waals surface area contributed by atoms with E-state index in [0.29, 0.717) is 11.3 Å². The van der Waals surface area contributed by atoms with Gasteiger partial charge in [-0.25, -0.2) is 4.79 Å². The first-order chi connectivity index (χ1) is 11.1. The highest BCUT2D eigenvalue weighted by Gasteiger charge is 2.13. The van der Waals surface area contributed by atoms with E-state index >= 15 is 0 Å². The van der Waals surface area contributed by atoms with Crippen LogP contribution in [0.15, 0.2) is 59.5 Å². The Bertz CT molecular complexity index is 1110. The standard InChI is InChI=1S/C15H9N5O3/c21-15-18(11-5-7-12(8-6-11)20(22)23)17-14-13-4-2-1-3-10(13)9-16-19(14)15/h1-9H. The van der Waals surface area contributed by atoms with Crippen molar-refractivity contribution in [2.75, 3.05) is 0 Å². The summed E-state index contributed by atoms with van der Waals surface area (Å²) in [4.78, 5) is 22.7. The molecule has 0 saturated carbocycles. The van der Waals surface area contributed by atoms with E-state index in [4.69, 9.17) is 0 Å². The zero-order valence-corrected chi connectivity index (χ0v) is 11.7. The third-order valence-corrected chi connectivity index (χ3v) is 3.58. The lowest BCUT2D eigenvalue weighted by molar-refractivity contribution is -0.384. The quantitative estimate of drug-likeness (QED) is 0.416. The summed E-state index contributed by atoms with van der Waals surface area (Å²) in [6.07, 6.45) is 1.60. The van der Waals surface area contributed by atoms with Crippen molar-refractivity contribution in [3.63, 3.8) is 0 Å². The van der Waals surface area contributed by atoms with Crippen molar-refractivity contribution in [1.29, 1.82) is 0 Å². The van der Waals surface area contributed by atoms with Crippen LogP contribution in [0.5, 0.6) is 0 Å². The molecule has 0 aliphatic heterocycles. The van der Waals surface area contributed by atoms with Crippen molar-refractivity contribution in [2.45, 2.75) is 0 Å². The van der Waals surface area contributed by atoms with Gasteiger partial charge in [0.15, 0.2) is 5.65 Å². The highest BCUT2D eigenvalue weighted by molar-refractivity contribution is 5.92. The summed E-state index contributed by atoms with van der Waals surface area (Å²) in [7, 11) is 0. The molecule has 0 amide bonds. The highest BCUT2D eigenvalue weighted by atomic mass is 16.6. The molecule has 0 saturated heterocycles. The molecule has 0 spiro atoms. The molecule has 0 bridgehead atoms. The second-order valence-electron chi connectivity index (χ2n) is 4.94. The van der Waals surface area contributed by atoms with Gasteiger partial charge in [0.05, 0.1) is 16.8 Å². The van der Waals surface area contributed by atoms with Gasteiger partial charge in [0.1, 0.15) is 0 Å². The van der Waals surface area contributed by atoms with E-state index in [-0.39, 0.29) is 5.69 Å². The van der Waals surface area contributed by atoms with E-state index < -0.39 is 10.6 Å². The predicted molar refractivity (Wildman–Crippen MR) is 82.7 cm³/mol. The van der Waals surface area contributed by atoms with Crippen molar-refractivity contribution in [2.24, 2.45) is 0 Å². The SMILES string of the molecule is O=c1n(-c2ccc([N+](=O)[O-])cc2)nc2c3ccccc3cnn12. The van der Waals surface area contributed by atoms with Gasteiger partial charge in [-0.15, -0.1) is 5.10 Å². The molecule has 0 atom stereocenters. The summed E-state index contributed by atoms with van der Waals surface area (Å²) < 4.78 is 2.39. The number of rotatable bonds is 2. The lowest BCUT2D eigenvalue weighted by Crippen LogP contribution is -2.20. The molecular weight excluding hydrogens is 298 g/mol. The van der Waals surface area contributed by atoms with Crippen LogP contribution in [-0.2, 0) is 0 Å². The van der Waals surface area contributed by atoms with Gasteiger partial charge in [0, 0.05) is 22.9 Å². The highest BCUT2D eigenvalue weighted by Crippen LogP contribution is 2.17. The van der Waals surface area contributed by atoms with Crippen molar-refractivity contribution in [3.05, 3.63) is 75.3 Å². The van der Waals surface area contributed by atoms with Crippen LogP contribution in [0, 0.1) is 10.1 Å². The van der Waals surface area contributed by atoms with Gasteiger partial charge in [-0.3, -0.25) is 10.1 Å². The molecule has 2 heterocycles. The van der Waals surface area contributed by atoms with Gasteiger partial charge in [-0.1, -0.05) is 24.3 Å². The maximum absolute atomic E-state index is 12.5. The topological polar surface area (TPSA) is 95.3 Å². The van der Waals surface area contributed by atoms with Gasteiger partial charge in [0.25, 0.3) is 5.69 Å². The number of hydrogen-bond acceptors (Lipinski definition) is 5. The summed E-state index contributed by atoms with van der Waals surface area (Å²) in [6, 6.07) is 13.1. The Kier molecular flexibility index (Phi) is 2.70. The number of non-ortho nitro benzene ring substituents is 1. The molecule has 0 fully saturated rings. The molecule has 0 aliphatic rings. The molecule has 8 heteroatoms. The molecule has 2 aromatic carbocycles. The Hall–Kier alpha value is -3.55. The first kappa shape index (κ1) is 13.1. The van der Waals surface area contributed by atoms with Crippen molar-refractivity contribution in [1.82, 2.24) is 19.4 Å². The zero-order valence-electron chi connectivity index (χ0n) is 11.7. The molecule has 0 radical (unpaired) electrons. The molecule has 4 rings (SSSR count). The maximum Gasteiger partial charge on any atom is 0.371 e. The zero-order chi connectivity index (χ0) is 16.0. The normalized spacial score (nSPS) is 11.1. The Morgan fingerprint density at radius 2 is 1.78 bits per heavy atom. The van der Waals surface area contributed by atoms with Gasteiger partial charge < -0.3 is 0 Å². The van der Waals surface area contributed by atoms with Gasteiger partial charge in [-0.2, -0.15) is 14.3 Å². The van der Waals surface area contributed by atoms with E-state index in [1.165, 1.54) is 33.5 Å². The second-order valence-corrected chi connectivity index (χ2v) is 4.94. The predicted octanol–water partition coefficient (Wildman–Crippen LogP) is 1.94. The fourth-order valence-corrected chi connectivity index (χ4v) is 2.45. The summed E-state index contributed by atoms with van der Waals surface area (Å²) in [5.41, 5.74) is 0.398. The largest absolute Gasteiger partial charge is 0.371 e. The number of fused-ring (bicyclic) bond motifs is 3. The lowest BCUT2D eigenvalue weighted by Gasteiger charge is -1.97. The Morgan fingerprint density at radius 1 is 1.04 bits per heavy atom. The molecule has 23 heavy (non-hydrogen) atoms. The molecule has 0 aliphatic carbocycles. The molecule has 0 unspecified atom stereocenters. The fourth-order valence-electron chi connectivity index (χ4n) is 2.45. The van der Waals surface area contributed by atoms with E-state index in [0.717, 1.165) is 10.8 Å². The number of nitro groups is 1. The van der Waals surface area contributed by atoms with Crippen molar-refractivity contribution < 1.29 is 4.92 Å². The minimum Gasteiger partial charge on any atom is -0.258 e. The van der Waals surface area contributed by atoms with E-state index in [1.54, 1.807) is 6.20 Å². The van der Waals surface area contributed by atoms with Gasteiger partial charge >= 0.3 is 5.69 Å². The van der Waals surface area contributed by atoms with Crippen LogP contribution in [0.2, 0.25) is 0 Å². The number of nitrogens with zero attached hydrogens (tertiary/aromatic N) is 5. The van der Waals surface area contributed by atoms with Crippen LogP contribution < -0.4 is 5.69 Å². The monoisotopic (exact) mass is 307 g/mol. The Labute approximate surface area is 128 Å². The molecule has 4 aromatic rings. The smallest absolute Gasteiger partial charge is 0.258 e. The van der Waals surface area contributed by atoms with E-state index in [1.807, 2.05) is 24.3 Å². The Morgan fingerprint density at radius 3 is 2.52 bits per heavy atom. The maximum atomic E-state index is 12.5.